The molecule has 0 saturated carbocycles. The van der Waals surface area contributed by atoms with Crippen LogP contribution in [0, 0.1) is 11.8 Å². The van der Waals surface area contributed by atoms with Gasteiger partial charge in [-0.1, -0.05) is 39.0 Å². The SMILES string of the molecule is CC1C=CC(C(C)C)=C1.[Cl-].[Cl-].[Zr+4]. The second-order valence-electron chi connectivity index (χ2n) is 3.04. The maximum atomic E-state index is 2.32. The van der Waals surface area contributed by atoms with Gasteiger partial charge in [-0.3, -0.25) is 0 Å². The summed E-state index contributed by atoms with van der Waals surface area (Å²) in [5.41, 5.74) is 1.49. The van der Waals surface area contributed by atoms with E-state index in [1.54, 1.807) is 0 Å². The maximum Gasteiger partial charge on any atom is 4.00 e. The van der Waals surface area contributed by atoms with Crippen molar-refractivity contribution in [3.8, 4) is 0 Å². The Bertz CT molecular complexity index is 162. The average molecular weight is 284 g/mol. The molecule has 0 fully saturated rings. The molecule has 0 aliphatic heterocycles. The molecule has 12 heavy (non-hydrogen) atoms. The number of hydrogen-bond donors (Lipinski definition) is 0. The van der Waals surface area contributed by atoms with Crippen LogP contribution in [0.2, 0.25) is 0 Å². The van der Waals surface area contributed by atoms with Gasteiger partial charge in [0.05, 0.1) is 0 Å². The Labute approximate surface area is 107 Å². The molecule has 0 aromatic rings. The number of allylic oxidation sites excluding steroid dienone is 4. The van der Waals surface area contributed by atoms with Crippen LogP contribution in [0.4, 0.5) is 0 Å². The van der Waals surface area contributed by atoms with E-state index >= 15 is 0 Å². The van der Waals surface area contributed by atoms with E-state index < -0.39 is 0 Å². The van der Waals surface area contributed by atoms with Crippen molar-refractivity contribution in [3.05, 3.63) is 23.8 Å². The van der Waals surface area contributed by atoms with Gasteiger partial charge in [0, 0.05) is 0 Å². The summed E-state index contributed by atoms with van der Waals surface area (Å²) in [6, 6.07) is 0. The minimum absolute atomic E-state index is 0. The monoisotopic (exact) mass is 282 g/mol. The van der Waals surface area contributed by atoms with Gasteiger partial charge in [0.25, 0.3) is 0 Å². The molecule has 0 heterocycles. The minimum Gasteiger partial charge on any atom is -1.00 e. The fourth-order valence-electron chi connectivity index (χ4n) is 1.06. The summed E-state index contributed by atoms with van der Waals surface area (Å²) < 4.78 is 0. The third kappa shape index (κ3) is 5.57. The first-order chi connectivity index (χ1) is 4.20. The largest absolute Gasteiger partial charge is 4.00 e. The molecule has 0 spiro atoms. The molecule has 66 valence electrons. The van der Waals surface area contributed by atoms with Gasteiger partial charge in [-0.05, 0) is 17.4 Å². The summed E-state index contributed by atoms with van der Waals surface area (Å²) in [5.74, 6) is 1.37. The standard InChI is InChI=1S/C9H14.2ClH.Zr/c1-7(2)9-5-4-8(3)6-9;;;/h4-8H,1-3H3;2*1H;/q;;;+4/p-2. The van der Waals surface area contributed by atoms with Crippen molar-refractivity contribution in [2.75, 3.05) is 0 Å². The van der Waals surface area contributed by atoms with Crippen molar-refractivity contribution in [2.45, 2.75) is 20.8 Å². The molecule has 1 rings (SSSR count). The Morgan fingerprint density at radius 1 is 1.25 bits per heavy atom. The summed E-state index contributed by atoms with van der Waals surface area (Å²) in [4.78, 5) is 0. The zero-order valence-corrected chi connectivity index (χ0v) is 11.6. The molecule has 1 aliphatic carbocycles. The number of rotatable bonds is 1. The van der Waals surface area contributed by atoms with Crippen LogP contribution in [-0.4, -0.2) is 0 Å². The second kappa shape index (κ2) is 8.54. The molecular formula is C9H14Cl2Zr+2. The minimum atomic E-state index is 0. The number of halogens is 2. The van der Waals surface area contributed by atoms with Crippen LogP contribution < -0.4 is 24.8 Å². The van der Waals surface area contributed by atoms with E-state index in [0.29, 0.717) is 11.8 Å². The Morgan fingerprint density at radius 3 is 1.92 bits per heavy atom. The van der Waals surface area contributed by atoms with E-state index in [0.717, 1.165) is 0 Å². The molecule has 0 aromatic heterocycles. The van der Waals surface area contributed by atoms with Gasteiger partial charge in [-0.15, -0.1) is 0 Å². The molecular weight excluding hydrogens is 270 g/mol. The average Bonchev–Trinajstić information content (AvgIpc) is 2.14. The topological polar surface area (TPSA) is 0 Å². The van der Waals surface area contributed by atoms with Gasteiger partial charge in [-0.2, -0.15) is 0 Å². The fourth-order valence-corrected chi connectivity index (χ4v) is 1.06. The van der Waals surface area contributed by atoms with E-state index in [9.17, 15) is 0 Å². The molecule has 0 radical (unpaired) electrons. The second-order valence-corrected chi connectivity index (χ2v) is 3.04. The first-order valence-electron chi connectivity index (χ1n) is 3.60. The molecule has 0 N–H and O–H groups in total. The van der Waals surface area contributed by atoms with E-state index in [-0.39, 0.29) is 51.0 Å². The molecule has 0 nitrogen and oxygen atoms in total. The predicted molar refractivity (Wildman–Crippen MR) is 41.2 cm³/mol. The summed E-state index contributed by atoms with van der Waals surface area (Å²) in [6.07, 6.45) is 6.80. The molecule has 1 unspecified atom stereocenters. The van der Waals surface area contributed by atoms with Crippen molar-refractivity contribution < 1.29 is 51.0 Å². The zero-order chi connectivity index (χ0) is 6.85. The van der Waals surface area contributed by atoms with Gasteiger partial charge in [0.15, 0.2) is 0 Å². The Balaban J connectivity index is -0.000000270. The van der Waals surface area contributed by atoms with Crippen molar-refractivity contribution in [1.29, 1.82) is 0 Å². The van der Waals surface area contributed by atoms with E-state index in [4.69, 9.17) is 0 Å². The molecule has 1 atom stereocenters. The molecule has 0 saturated heterocycles. The smallest absolute Gasteiger partial charge is 1.00 e. The molecule has 0 amide bonds. The summed E-state index contributed by atoms with van der Waals surface area (Å²) in [7, 11) is 0. The van der Waals surface area contributed by atoms with Gasteiger partial charge < -0.3 is 24.8 Å². The van der Waals surface area contributed by atoms with Crippen LogP contribution in [-0.2, 0) is 26.2 Å². The van der Waals surface area contributed by atoms with Gasteiger partial charge in [0.1, 0.15) is 0 Å². The van der Waals surface area contributed by atoms with E-state index in [2.05, 4.69) is 39.0 Å². The van der Waals surface area contributed by atoms with Crippen LogP contribution in [0.3, 0.4) is 0 Å². The van der Waals surface area contributed by atoms with Gasteiger partial charge in [-0.25, -0.2) is 0 Å². The third-order valence-corrected chi connectivity index (χ3v) is 1.71. The normalized spacial score (nSPS) is 19.0. The zero-order valence-electron chi connectivity index (χ0n) is 7.64. The molecule has 0 aromatic carbocycles. The first kappa shape index (κ1) is 18.7. The van der Waals surface area contributed by atoms with Gasteiger partial charge >= 0.3 is 26.2 Å². The molecule has 3 heteroatoms. The van der Waals surface area contributed by atoms with Crippen molar-refractivity contribution >= 4 is 0 Å². The molecule has 1 aliphatic rings. The first-order valence-corrected chi connectivity index (χ1v) is 3.60. The van der Waals surface area contributed by atoms with Crippen molar-refractivity contribution in [2.24, 2.45) is 11.8 Å². The summed E-state index contributed by atoms with van der Waals surface area (Å²) in [5, 5.41) is 0. The summed E-state index contributed by atoms with van der Waals surface area (Å²) >= 11 is 0. The third-order valence-electron chi connectivity index (χ3n) is 1.71. The van der Waals surface area contributed by atoms with Crippen LogP contribution in [0.15, 0.2) is 23.8 Å². The summed E-state index contributed by atoms with van der Waals surface area (Å²) in [6.45, 7) is 6.67. The van der Waals surface area contributed by atoms with Crippen molar-refractivity contribution in [1.82, 2.24) is 0 Å². The fraction of sp³-hybridized carbons (Fsp3) is 0.556. The van der Waals surface area contributed by atoms with Crippen molar-refractivity contribution in [3.63, 3.8) is 0 Å². The quantitative estimate of drug-likeness (QED) is 0.475. The van der Waals surface area contributed by atoms with Crippen LogP contribution in [0.25, 0.3) is 0 Å². The van der Waals surface area contributed by atoms with Crippen LogP contribution in [0.1, 0.15) is 20.8 Å². The Morgan fingerprint density at radius 2 is 1.75 bits per heavy atom. The Kier molecular flexibility index (Phi) is 13.3. The van der Waals surface area contributed by atoms with E-state index in [1.165, 1.54) is 5.57 Å². The Hall–Kier alpha value is 0.943. The predicted octanol–water partition coefficient (Wildman–Crippen LogP) is -3.22. The van der Waals surface area contributed by atoms with Gasteiger partial charge in [0.2, 0.25) is 0 Å². The maximum absolute atomic E-state index is 2.32. The van der Waals surface area contributed by atoms with E-state index in [1.807, 2.05) is 0 Å². The number of hydrogen-bond acceptors (Lipinski definition) is 0. The molecule has 0 bridgehead atoms. The van der Waals surface area contributed by atoms with Crippen LogP contribution in [0.5, 0.6) is 0 Å². The van der Waals surface area contributed by atoms with Crippen LogP contribution >= 0.6 is 0 Å².